The molecule has 0 aliphatic carbocycles. The van der Waals surface area contributed by atoms with Gasteiger partial charge in [-0.05, 0) is 36.4 Å². The predicted octanol–water partition coefficient (Wildman–Crippen LogP) is 2.70. The maximum atomic E-state index is 10.8. The van der Waals surface area contributed by atoms with E-state index in [2.05, 4.69) is 0 Å². The number of carbonyl (C=O) groups excluding carboxylic acids is 1. The Morgan fingerprint density at radius 2 is 1.80 bits per heavy atom. The van der Waals surface area contributed by atoms with Gasteiger partial charge in [0.15, 0.2) is 5.76 Å². The summed E-state index contributed by atoms with van der Waals surface area (Å²) in [6.45, 7) is 0. The highest BCUT2D eigenvalue weighted by Crippen LogP contribution is 2.23. The zero-order valence-electron chi connectivity index (χ0n) is 7.74. The van der Waals surface area contributed by atoms with Crippen molar-refractivity contribution in [1.29, 1.82) is 0 Å². The van der Waals surface area contributed by atoms with Gasteiger partial charge in [0.05, 0.1) is 0 Å². The van der Waals surface area contributed by atoms with Gasteiger partial charge in [-0.15, -0.1) is 0 Å². The normalized spacial score (nSPS) is 10.2. The van der Waals surface area contributed by atoms with Gasteiger partial charge in [-0.2, -0.15) is 0 Å². The van der Waals surface area contributed by atoms with Crippen LogP contribution in [-0.4, -0.2) is 5.91 Å². The van der Waals surface area contributed by atoms with Crippen molar-refractivity contribution in [2.75, 3.05) is 0 Å². The van der Waals surface area contributed by atoms with Crippen molar-refractivity contribution in [3.63, 3.8) is 0 Å². The molecule has 0 saturated heterocycles. The molecule has 0 unspecified atom stereocenters. The number of hydrogen-bond acceptors (Lipinski definition) is 2. The lowest BCUT2D eigenvalue weighted by molar-refractivity contribution is 0.0975. The van der Waals surface area contributed by atoms with Crippen LogP contribution in [0.1, 0.15) is 10.6 Å². The summed E-state index contributed by atoms with van der Waals surface area (Å²) < 4.78 is 5.25. The van der Waals surface area contributed by atoms with Crippen LogP contribution in [0.15, 0.2) is 40.8 Å². The number of halogens is 1. The van der Waals surface area contributed by atoms with Crippen molar-refractivity contribution in [3.05, 3.63) is 47.2 Å². The Morgan fingerprint density at radius 3 is 2.33 bits per heavy atom. The molecule has 0 fully saturated rings. The Morgan fingerprint density at radius 1 is 1.13 bits per heavy atom. The molecule has 76 valence electrons. The van der Waals surface area contributed by atoms with Crippen LogP contribution >= 0.6 is 11.6 Å². The van der Waals surface area contributed by atoms with Crippen molar-refractivity contribution in [2.24, 2.45) is 5.73 Å². The summed E-state index contributed by atoms with van der Waals surface area (Å²) in [5.41, 5.74) is 5.93. The lowest BCUT2D eigenvalue weighted by Crippen LogP contribution is -2.09. The number of nitrogens with two attached hydrogens (primary N) is 1. The molecule has 0 atom stereocenters. The lowest BCUT2D eigenvalue weighted by atomic mass is 10.2. The molecular weight excluding hydrogens is 214 g/mol. The first-order valence-electron chi connectivity index (χ1n) is 4.32. The molecule has 3 nitrogen and oxygen atoms in total. The number of hydrogen-bond donors (Lipinski definition) is 1. The third kappa shape index (κ3) is 2.02. The van der Waals surface area contributed by atoms with Crippen LogP contribution in [0.3, 0.4) is 0 Å². The molecule has 0 bridgehead atoms. The highest BCUT2D eigenvalue weighted by atomic mass is 35.5. The van der Waals surface area contributed by atoms with E-state index in [4.69, 9.17) is 21.8 Å². The van der Waals surface area contributed by atoms with Gasteiger partial charge in [0, 0.05) is 10.6 Å². The summed E-state index contributed by atoms with van der Waals surface area (Å²) in [6, 6.07) is 10.4. The van der Waals surface area contributed by atoms with Gasteiger partial charge in [0.2, 0.25) is 0 Å². The van der Waals surface area contributed by atoms with Crippen molar-refractivity contribution in [3.8, 4) is 11.3 Å². The Labute approximate surface area is 91.5 Å². The second-order valence-electron chi connectivity index (χ2n) is 3.04. The lowest BCUT2D eigenvalue weighted by Gasteiger charge is -1.96. The van der Waals surface area contributed by atoms with Crippen LogP contribution in [0.4, 0.5) is 0 Å². The van der Waals surface area contributed by atoms with E-state index in [9.17, 15) is 4.79 Å². The Balaban J connectivity index is 2.37. The zero-order chi connectivity index (χ0) is 10.8. The smallest absolute Gasteiger partial charge is 0.284 e. The van der Waals surface area contributed by atoms with Crippen molar-refractivity contribution in [1.82, 2.24) is 0 Å². The molecule has 0 aliphatic rings. The number of primary amides is 1. The highest BCUT2D eigenvalue weighted by molar-refractivity contribution is 6.30. The number of amides is 1. The third-order valence-electron chi connectivity index (χ3n) is 1.98. The number of carbonyl (C=O) groups is 1. The van der Waals surface area contributed by atoms with Crippen LogP contribution in [-0.2, 0) is 0 Å². The number of benzene rings is 1. The fourth-order valence-corrected chi connectivity index (χ4v) is 1.37. The van der Waals surface area contributed by atoms with Crippen LogP contribution < -0.4 is 5.73 Å². The van der Waals surface area contributed by atoms with E-state index in [0.717, 1.165) is 5.56 Å². The van der Waals surface area contributed by atoms with E-state index in [1.807, 2.05) is 12.1 Å². The summed E-state index contributed by atoms with van der Waals surface area (Å²) in [6.07, 6.45) is 0. The first-order chi connectivity index (χ1) is 7.16. The van der Waals surface area contributed by atoms with Gasteiger partial charge in [-0.1, -0.05) is 11.6 Å². The summed E-state index contributed by atoms with van der Waals surface area (Å²) in [5.74, 6) is 0.177. The van der Waals surface area contributed by atoms with Crippen molar-refractivity contribution >= 4 is 17.5 Å². The SMILES string of the molecule is NC(=O)c1ccc(-c2ccc(Cl)cc2)o1. The molecule has 15 heavy (non-hydrogen) atoms. The second kappa shape index (κ2) is 3.79. The van der Waals surface area contributed by atoms with Crippen molar-refractivity contribution < 1.29 is 9.21 Å². The van der Waals surface area contributed by atoms with Gasteiger partial charge in [-0.25, -0.2) is 0 Å². The minimum Gasteiger partial charge on any atom is -0.451 e. The summed E-state index contributed by atoms with van der Waals surface area (Å²) in [4.78, 5) is 10.8. The molecule has 0 aliphatic heterocycles. The minimum absolute atomic E-state index is 0.153. The maximum Gasteiger partial charge on any atom is 0.284 e. The fourth-order valence-electron chi connectivity index (χ4n) is 1.24. The molecule has 0 saturated carbocycles. The Kier molecular flexibility index (Phi) is 2.47. The largest absolute Gasteiger partial charge is 0.451 e. The van der Waals surface area contributed by atoms with E-state index in [-0.39, 0.29) is 5.76 Å². The van der Waals surface area contributed by atoms with Crippen molar-refractivity contribution in [2.45, 2.75) is 0 Å². The van der Waals surface area contributed by atoms with E-state index in [0.29, 0.717) is 10.8 Å². The van der Waals surface area contributed by atoms with Crippen LogP contribution in [0.5, 0.6) is 0 Å². The minimum atomic E-state index is -0.574. The molecule has 2 rings (SSSR count). The molecule has 1 aromatic carbocycles. The van der Waals surface area contributed by atoms with E-state index < -0.39 is 5.91 Å². The van der Waals surface area contributed by atoms with Gasteiger partial charge < -0.3 is 10.2 Å². The number of rotatable bonds is 2. The van der Waals surface area contributed by atoms with Gasteiger partial charge in [0.25, 0.3) is 5.91 Å². The molecule has 0 radical (unpaired) electrons. The maximum absolute atomic E-state index is 10.8. The molecule has 2 N–H and O–H groups in total. The molecule has 1 amide bonds. The molecule has 4 heteroatoms. The molecule has 0 spiro atoms. The first-order valence-corrected chi connectivity index (χ1v) is 4.70. The third-order valence-corrected chi connectivity index (χ3v) is 2.23. The predicted molar refractivity (Wildman–Crippen MR) is 57.7 cm³/mol. The molecule has 1 aromatic heterocycles. The van der Waals surface area contributed by atoms with E-state index in [1.165, 1.54) is 0 Å². The molecular formula is C11H8ClNO2. The Bertz CT molecular complexity index is 488. The topological polar surface area (TPSA) is 56.2 Å². The highest BCUT2D eigenvalue weighted by Gasteiger charge is 2.08. The van der Waals surface area contributed by atoms with Gasteiger partial charge in [-0.3, -0.25) is 4.79 Å². The average Bonchev–Trinajstić information content (AvgIpc) is 2.68. The fraction of sp³-hybridized carbons (Fsp3) is 0. The van der Waals surface area contributed by atoms with Gasteiger partial charge >= 0.3 is 0 Å². The standard InChI is InChI=1S/C11H8ClNO2/c12-8-3-1-7(2-4-8)9-5-6-10(15-9)11(13)14/h1-6H,(H2,13,14). The van der Waals surface area contributed by atoms with E-state index in [1.54, 1.807) is 24.3 Å². The molecule has 1 heterocycles. The van der Waals surface area contributed by atoms with Crippen LogP contribution in [0, 0.1) is 0 Å². The second-order valence-corrected chi connectivity index (χ2v) is 3.47. The average molecular weight is 222 g/mol. The first kappa shape index (κ1) is 9.80. The monoisotopic (exact) mass is 221 g/mol. The van der Waals surface area contributed by atoms with Gasteiger partial charge in [0.1, 0.15) is 5.76 Å². The van der Waals surface area contributed by atoms with Crippen LogP contribution in [0.25, 0.3) is 11.3 Å². The van der Waals surface area contributed by atoms with Crippen LogP contribution in [0.2, 0.25) is 5.02 Å². The Hall–Kier alpha value is -1.74. The number of furan rings is 1. The summed E-state index contributed by atoms with van der Waals surface area (Å²) >= 11 is 5.75. The summed E-state index contributed by atoms with van der Waals surface area (Å²) in [7, 11) is 0. The quantitative estimate of drug-likeness (QED) is 0.848. The molecule has 2 aromatic rings. The van der Waals surface area contributed by atoms with E-state index >= 15 is 0 Å². The zero-order valence-corrected chi connectivity index (χ0v) is 8.49. The summed E-state index contributed by atoms with van der Waals surface area (Å²) in [5, 5.41) is 0.653.